The van der Waals surface area contributed by atoms with Gasteiger partial charge >= 0.3 is 0 Å². The summed E-state index contributed by atoms with van der Waals surface area (Å²) in [6.07, 6.45) is 2.06. The molecule has 2 N–H and O–H groups in total. The van der Waals surface area contributed by atoms with Gasteiger partial charge in [0.05, 0.1) is 0 Å². The summed E-state index contributed by atoms with van der Waals surface area (Å²) in [5.74, 6) is -0.729. The summed E-state index contributed by atoms with van der Waals surface area (Å²) in [6, 6.07) is 15.5. The first-order valence-electron chi connectivity index (χ1n) is 7.55. The SMILES string of the molecule is Cc1ccccc1NC(=O)/C(C#N)=C\NCCc1ccc(F)cc1. The molecule has 5 heteroatoms. The molecule has 0 fully saturated rings. The number of carbonyl (C=O) groups excluding carboxylic acids is 1. The van der Waals surface area contributed by atoms with Crippen molar-refractivity contribution in [3.05, 3.63) is 77.2 Å². The summed E-state index contributed by atoms with van der Waals surface area (Å²) < 4.78 is 12.8. The van der Waals surface area contributed by atoms with E-state index in [9.17, 15) is 9.18 Å². The van der Waals surface area contributed by atoms with E-state index in [4.69, 9.17) is 5.26 Å². The van der Waals surface area contributed by atoms with Crippen LogP contribution in [-0.2, 0) is 11.2 Å². The fraction of sp³-hybridized carbons (Fsp3) is 0.158. The van der Waals surface area contributed by atoms with Crippen LogP contribution < -0.4 is 10.6 Å². The van der Waals surface area contributed by atoms with Crippen LogP contribution in [0.5, 0.6) is 0 Å². The maximum absolute atomic E-state index is 12.8. The number of rotatable bonds is 6. The van der Waals surface area contributed by atoms with Gasteiger partial charge in [-0.3, -0.25) is 4.79 Å². The van der Waals surface area contributed by atoms with Crippen molar-refractivity contribution in [3.8, 4) is 6.07 Å². The van der Waals surface area contributed by atoms with Gasteiger partial charge in [-0.1, -0.05) is 30.3 Å². The number of nitrogens with one attached hydrogen (secondary N) is 2. The summed E-state index contributed by atoms with van der Waals surface area (Å²) >= 11 is 0. The number of anilines is 1. The minimum absolute atomic E-state index is 0.00245. The maximum Gasteiger partial charge on any atom is 0.267 e. The number of aryl methyl sites for hydroxylation is 1. The zero-order valence-electron chi connectivity index (χ0n) is 13.3. The lowest BCUT2D eigenvalue weighted by atomic mass is 10.1. The molecule has 24 heavy (non-hydrogen) atoms. The van der Waals surface area contributed by atoms with Crippen LogP contribution in [0.15, 0.2) is 60.3 Å². The van der Waals surface area contributed by atoms with E-state index < -0.39 is 5.91 Å². The molecule has 0 aliphatic carbocycles. The Morgan fingerprint density at radius 1 is 1.21 bits per heavy atom. The van der Waals surface area contributed by atoms with Gasteiger partial charge in [-0.15, -0.1) is 0 Å². The van der Waals surface area contributed by atoms with E-state index in [1.54, 1.807) is 18.2 Å². The minimum atomic E-state index is -0.457. The molecular formula is C19H18FN3O. The molecule has 2 aromatic rings. The van der Waals surface area contributed by atoms with E-state index in [0.717, 1.165) is 11.1 Å². The van der Waals surface area contributed by atoms with Gasteiger partial charge in [0, 0.05) is 18.4 Å². The van der Waals surface area contributed by atoms with Crippen LogP contribution in [0.25, 0.3) is 0 Å². The van der Waals surface area contributed by atoms with Crippen LogP contribution in [0.2, 0.25) is 0 Å². The predicted molar refractivity (Wildman–Crippen MR) is 91.6 cm³/mol. The van der Waals surface area contributed by atoms with Crippen LogP contribution in [0.3, 0.4) is 0 Å². The lowest BCUT2D eigenvalue weighted by molar-refractivity contribution is -0.112. The molecule has 4 nitrogen and oxygen atoms in total. The standard InChI is InChI=1S/C19H18FN3O/c1-14-4-2-3-5-18(14)23-19(24)16(12-21)13-22-11-10-15-6-8-17(20)9-7-15/h2-9,13,22H,10-11H2,1H3,(H,23,24)/b16-13-. The van der Waals surface area contributed by atoms with E-state index in [-0.39, 0.29) is 11.4 Å². The van der Waals surface area contributed by atoms with Crippen LogP contribution in [0, 0.1) is 24.1 Å². The topological polar surface area (TPSA) is 64.9 Å². The van der Waals surface area contributed by atoms with Crippen molar-refractivity contribution >= 4 is 11.6 Å². The van der Waals surface area contributed by atoms with E-state index >= 15 is 0 Å². The number of benzene rings is 2. The number of hydrogen-bond acceptors (Lipinski definition) is 3. The molecule has 0 aliphatic heterocycles. The van der Waals surface area contributed by atoms with E-state index in [0.29, 0.717) is 18.7 Å². The monoisotopic (exact) mass is 323 g/mol. The minimum Gasteiger partial charge on any atom is -0.389 e. The van der Waals surface area contributed by atoms with Crippen molar-refractivity contribution < 1.29 is 9.18 Å². The summed E-state index contributed by atoms with van der Waals surface area (Å²) in [6.45, 7) is 2.42. The first-order chi connectivity index (χ1) is 11.6. The van der Waals surface area contributed by atoms with Gasteiger partial charge in [0.25, 0.3) is 5.91 Å². The normalized spacial score (nSPS) is 10.8. The Balaban J connectivity index is 1.89. The van der Waals surface area contributed by atoms with E-state index in [1.165, 1.54) is 18.3 Å². The van der Waals surface area contributed by atoms with Gasteiger partial charge < -0.3 is 10.6 Å². The number of hydrogen-bond donors (Lipinski definition) is 2. The molecule has 0 bridgehead atoms. The Kier molecular flexibility index (Phi) is 6.09. The molecule has 0 unspecified atom stereocenters. The number of nitrogens with zero attached hydrogens (tertiary/aromatic N) is 1. The van der Waals surface area contributed by atoms with Crippen LogP contribution in [0.4, 0.5) is 10.1 Å². The van der Waals surface area contributed by atoms with Crippen molar-refractivity contribution in [2.45, 2.75) is 13.3 Å². The molecule has 0 spiro atoms. The molecule has 0 saturated heterocycles. The molecule has 0 radical (unpaired) electrons. The highest BCUT2D eigenvalue weighted by atomic mass is 19.1. The molecule has 0 heterocycles. The second-order valence-electron chi connectivity index (χ2n) is 5.27. The van der Waals surface area contributed by atoms with Crippen molar-refractivity contribution in [2.24, 2.45) is 0 Å². The highest BCUT2D eigenvalue weighted by Gasteiger charge is 2.10. The third-order valence-electron chi connectivity index (χ3n) is 3.48. The quantitative estimate of drug-likeness (QED) is 0.487. The number of nitriles is 1. The first kappa shape index (κ1) is 17.2. The molecular weight excluding hydrogens is 305 g/mol. The Bertz CT molecular complexity index is 776. The summed E-state index contributed by atoms with van der Waals surface area (Å²) in [4.78, 5) is 12.1. The largest absolute Gasteiger partial charge is 0.389 e. The van der Waals surface area contributed by atoms with Gasteiger partial charge in [-0.2, -0.15) is 5.26 Å². The first-order valence-corrected chi connectivity index (χ1v) is 7.55. The molecule has 0 aromatic heterocycles. The average molecular weight is 323 g/mol. The van der Waals surface area contributed by atoms with E-state index in [2.05, 4.69) is 10.6 Å². The smallest absolute Gasteiger partial charge is 0.267 e. The van der Waals surface area contributed by atoms with Crippen molar-refractivity contribution in [2.75, 3.05) is 11.9 Å². The average Bonchev–Trinajstić information content (AvgIpc) is 2.58. The number of halogens is 1. The van der Waals surface area contributed by atoms with Gasteiger partial charge in [0.15, 0.2) is 0 Å². The highest BCUT2D eigenvalue weighted by Crippen LogP contribution is 2.14. The van der Waals surface area contributed by atoms with Gasteiger partial charge in [-0.25, -0.2) is 4.39 Å². The zero-order valence-corrected chi connectivity index (χ0v) is 13.3. The summed E-state index contributed by atoms with van der Waals surface area (Å²) in [5.41, 5.74) is 2.57. The van der Waals surface area contributed by atoms with Crippen LogP contribution in [-0.4, -0.2) is 12.5 Å². The molecule has 0 atom stereocenters. The lowest BCUT2D eigenvalue weighted by Gasteiger charge is -2.07. The second-order valence-corrected chi connectivity index (χ2v) is 5.27. The highest BCUT2D eigenvalue weighted by molar-refractivity contribution is 6.06. The third kappa shape index (κ3) is 4.96. The van der Waals surface area contributed by atoms with Gasteiger partial charge in [-0.05, 0) is 42.7 Å². The van der Waals surface area contributed by atoms with Crippen molar-refractivity contribution in [1.29, 1.82) is 5.26 Å². The van der Waals surface area contributed by atoms with Crippen molar-refractivity contribution in [3.63, 3.8) is 0 Å². The van der Waals surface area contributed by atoms with Crippen molar-refractivity contribution in [1.82, 2.24) is 5.32 Å². The Morgan fingerprint density at radius 2 is 1.92 bits per heavy atom. The van der Waals surface area contributed by atoms with Crippen LogP contribution >= 0.6 is 0 Å². The Morgan fingerprint density at radius 3 is 2.58 bits per heavy atom. The number of para-hydroxylation sites is 1. The predicted octanol–water partition coefficient (Wildman–Crippen LogP) is 3.31. The zero-order chi connectivity index (χ0) is 17.4. The summed E-state index contributed by atoms with van der Waals surface area (Å²) in [5, 5.41) is 14.8. The molecule has 0 aliphatic rings. The molecule has 0 saturated carbocycles. The second kappa shape index (κ2) is 8.49. The Hall–Kier alpha value is -3.13. The lowest BCUT2D eigenvalue weighted by Crippen LogP contribution is -2.18. The summed E-state index contributed by atoms with van der Waals surface area (Å²) in [7, 11) is 0. The fourth-order valence-electron chi connectivity index (χ4n) is 2.09. The third-order valence-corrected chi connectivity index (χ3v) is 3.48. The Labute approximate surface area is 140 Å². The molecule has 2 aromatic carbocycles. The molecule has 122 valence electrons. The number of carbonyl (C=O) groups is 1. The maximum atomic E-state index is 12.8. The fourth-order valence-corrected chi connectivity index (χ4v) is 2.09. The van der Waals surface area contributed by atoms with Crippen LogP contribution in [0.1, 0.15) is 11.1 Å². The molecule has 1 amide bonds. The van der Waals surface area contributed by atoms with Gasteiger partial charge in [0.1, 0.15) is 17.5 Å². The number of amides is 1. The van der Waals surface area contributed by atoms with E-state index in [1.807, 2.05) is 31.2 Å². The van der Waals surface area contributed by atoms with Gasteiger partial charge in [0.2, 0.25) is 0 Å². The molecule has 2 rings (SSSR count).